The van der Waals surface area contributed by atoms with Crippen molar-refractivity contribution < 1.29 is 4.79 Å². The minimum absolute atomic E-state index is 0.214. The number of nitrogens with zero attached hydrogens (tertiary/aromatic N) is 3. The molecule has 6 nitrogen and oxygen atoms in total. The second-order valence-electron chi connectivity index (χ2n) is 9.03. The number of likely N-dealkylation sites (tertiary alicyclic amines) is 1. The lowest BCUT2D eigenvalue weighted by molar-refractivity contribution is 0.0995. The molecule has 0 aliphatic carbocycles. The molecule has 1 aliphatic heterocycles. The van der Waals surface area contributed by atoms with Gasteiger partial charge in [0.1, 0.15) is 5.69 Å². The number of carbonyl (C=O) groups is 1. The summed E-state index contributed by atoms with van der Waals surface area (Å²) in [4.78, 5) is 23.4. The van der Waals surface area contributed by atoms with Gasteiger partial charge in [0.25, 0.3) is 5.91 Å². The summed E-state index contributed by atoms with van der Waals surface area (Å²) in [5, 5.41) is 2.71. The van der Waals surface area contributed by atoms with Crippen LogP contribution in [0.1, 0.15) is 28.9 Å². The molecule has 2 aromatic carbocycles. The van der Waals surface area contributed by atoms with E-state index in [1.54, 1.807) is 24.2 Å². The first-order chi connectivity index (χ1) is 17.6. The van der Waals surface area contributed by atoms with Crippen LogP contribution in [0.3, 0.4) is 0 Å². The van der Waals surface area contributed by atoms with Gasteiger partial charge in [-0.3, -0.25) is 19.4 Å². The van der Waals surface area contributed by atoms with Gasteiger partial charge in [-0.25, -0.2) is 4.98 Å². The Balaban J connectivity index is 1.42. The quantitative estimate of drug-likeness (QED) is 0.318. The van der Waals surface area contributed by atoms with Gasteiger partial charge in [0, 0.05) is 35.3 Å². The molecule has 0 saturated carbocycles. The molecule has 0 bridgehead atoms. The maximum atomic E-state index is 11.7. The van der Waals surface area contributed by atoms with Crippen molar-refractivity contribution in [2.45, 2.75) is 25.4 Å². The summed E-state index contributed by atoms with van der Waals surface area (Å²) in [6.45, 7) is 6.86. The molecule has 3 N–H and O–H groups in total. The molecule has 2 aromatic heterocycles. The highest BCUT2D eigenvalue weighted by atomic mass is 32.2. The number of piperidine rings is 1. The average Bonchev–Trinajstić information content (AvgIpc) is 2.92. The molecular weight excluding hydrogens is 466 g/mol. The van der Waals surface area contributed by atoms with Crippen LogP contribution < -0.4 is 10.5 Å². The third-order valence-corrected chi connectivity index (χ3v) is 7.21. The van der Waals surface area contributed by atoms with Crippen LogP contribution >= 0.6 is 11.9 Å². The summed E-state index contributed by atoms with van der Waals surface area (Å²) in [5.41, 5.74) is 11.7. The van der Waals surface area contributed by atoms with Gasteiger partial charge in [-0.15, -0.1) is 0 Å². The van der Waals surface area contributed by atoms with Gasteiger partial charge in [-0.1, -0.05) is 73.1 Å². The summed E-state index contributed by atoms with van der Waals surface area (Å²) in [7, 11) is 0. The number of amides is 1. The van der Waals surface area contributed by atoms with Gasteiger partial charge in [-0.05, 0) is 54.6 Å². The summed E-state index contributed by atoms with van der Waals surface area (Å²) in [6.07, 6.45) is 3.95. The fourth-order valence-electron chi connectivity index (χ4n) is 4.64. The lowest BCUT2D eigenvalue weighted by Gasteiger charge is -2.32. The average molecular weight is 496 g/mol. The van der Waals surface area contributed by atoms with E-state index in [0.717, 1.165) is 60.2 Å². The fraction of sp³-hybridized carbons (Fsp3) is 0.207. The number of pyridine rings is 2. The van der Waals surface area contributed by atoms with Gasteiger partial charge >= 0.3 is 0 Å². The monoisotopic (exact) mass is 495 g/mol. The zero-order valence-corrected chi connectivity index (χ0v) is 20.9. The third kappa shape index (κ3) is 5.49. The molecule has 1 aliphatic rings. The Kier molecular flexibility index (Phi) is 7.41. The number of primary amides is 1. The molecule has 3 heterocycles. The molecule has 5 rings (SSSR count). The SMILES string of the molecule is C=CSNC1CCN(Cc2ccc(-c3nc4cc(C(N)=O)ncc4cc3-c3ccccc3)cc2)CC1. The first-order valence-electron chi connectivity index (χ1n) is 12.1. The number of hydrogen-bond donors (Lipinski definition) is 2. The predicted molar refractivity (Wildman–Crippen MR) is 148 cm³/mol. The molecule has 4 aromatic rings. The molecule has 0 radical (unpaired) electrons. The zero-order chi connectivity index (χ0) is 24.9. The molecule has 1 fully saturated rings. The Morgan fingerprint density at radius 3 is 2.53 bits per heavy atom. The standard InChI is InChI=1S/C29H29N5OS/c1-2-36-33-24-12-14-34(15-13-24)19-20-8-10-22(11-9-20)28-25(21-6-4-3-5-7-21)16-23-18-31-27(29(30)35)17-26(23)32-28/h2-11,16-18,24,33H,1,12-15,19H2,(H2,30,35). The molecule has 7 heteroatoms. The van der Waals surface area contributed by atoms with Gasteiger partial charge < -0.3 is 5.73 Å². The van der Waals surface area contributed by atoms with E-state index < -0.39 is 5.91 Å². The molecule has 182 valence electrons. The van der Waals surface area contributed by atoms with Gasteiger partial charge in [0.2, 0.25) is 0 Å². The molecule has 0 unspecified atom stereocenters. The maximum absolute atomic E-state index is 11.7. The number of benzene rings is 2. The van der Waals surface area contributed by atoms with E-state index in [9.17, 15) is 4.79 Å². The highest BCUT2D eigenvalue weighted by Crippen LogP contribution is 2.33. The molecular formula is C29H29N5OS. The van der Waals surface area contributed by atoms with E-state index in [-0.39, 0.29) is 5.69 Å². The number of nitrogens with one attached hydrogen (secondary N) is 1. The number of aromatic nitrogens is 2. The summed E-state index contributed by atoms with van der Waals surface area (Å²) in [5.74, 6) is -0.559. The van der Waals surface area contributed by atoms with Gasteiger partial charge in [0.15, 0.2) is 0 Å². The number of carbonyl (C=O) groups excluding carboxylic acids is 1. The van der Waals surface area contributed by atoms with Crippen molar-refractivity contribution in [2.75, 3.05) is 13.1 Å². The van der Waals surface area contributed by atoms with Crippen LogP contribution in [0.25, 0.3) is 33.3 Å². The van der Waals surface area contributed by atoms with Crippen molar-refractivity contribution in [3.05, 3.63) is 96.2 Å². The van der Waals surface area contributed by atoms with E-state index in [4.69, 9.17) is 10.7 Å². The van der Waals surface area contributed by atoms with E-state index >= 15 is 0 Å². The normalized spacial score (nSPS) is 14.7. The fourth-order valence-corrected chi connectivity index (χ4v) is 5.16. The number of fused-ring (bicyclic) bond motifs is 1. The third-order valence-electron chi connectivity index (χ3n) is 6.58. The smallest absolute Gasteiger partial charge is 0.267 e. The van der Waals surface area contributed by atoms with Crippen LogP contribution in [0.2, 0.25) is 0 Å². The molecule has 1 saturated heterocycles. The van der Waals surface area contributed by atoms with Crippen molar-refractivity contribution in [3.63, 3.8) is 0 Å². The molecule has 1 amide bonds. The minimum Gasteiger partial charge on any atom is -0.364 e. The van der Waals surface area contributed by atoms with Crippen LogP contribution in [0.4, 0.5) is 0 Å². The Morgan fingerprint density at radius 1 is 1.08 bits per heavy atom. The Hall–Kier alpha value is -3.52. The second-order valence-corrected chi connectivity index (χ2v) is 9.83. The summed E-state index contributed by atoms with van der Waals surface area (Å²) < 4.78 is 3.46. The van der Waals surface area contributed by atoms with Crippen molar-refractivity contribution >= 4 is 28.8 Å². The Labute approximate surface area is 215 Å². The molecule has 0 atom stereocenters. The first kappa shape index (κ1) is 24.2. The zero-order valence-electron chi connectivity index (χ0n) is 20.1. The lowest BCUT2D eigenvalue weighted by Crippen LogP contribution is -2.39. The number of rotatable bonds is 8. The van der Waals surface area contributed by atoms with Gasteiger partial charge in [-0.2, -0.15) is 0 Å². The number of nitrogens with two attached hydrogens (primary N) is 1. The second kappa shape index (κ2) is 11.0. The van der Waals surface area contributed by atoms with Crippen LogP contribution in [-0.2, 0) is 6.54 Å². The van der Waals surface area contributed by atoms with E-state index in [2.05, 4.69) is 63.6 Å². The van der Waals surface area contributed by atoms with Crippen molar-refractivity contribution in [1.29, 1.82) is 0 Å². The summed E-state index contributed by atoms with van der Waals surface area (Å²) >= 11 is 1.58. The lowest BCUT2D eigenvalue weighted by atomic mass is 9.97. The van der Waals surface area contributed by atoms with Crippen molar-refractivity contribution in [1.82, 2.24) is 19.6 Å². The van der Waals surface area contributed by atoms with Crippen LogP contribution in [0.5, 0.6) is 0 Å². The Morgan fingerprint density at radius 2 is 1.83 bits per heavy atom. The minimum atomic E-state index is -0.559. The van der Waals surface area contributed by atoms with Crippen molar-refractivity contribution in [2.24, 2.45) is 5.73 Å². The highest BCUT2D eigenvalue weighted by molar-refractivity contribution is 8.00. The largest absolute Gasteiger partial charge is 0.364 e. The van der Waals surface area contributed by atoms with Crippen LogP contribution in [0.15, 0.2) is 84.9 Å². The topological polar surface area (TPSA) is 84.1 Å². The van der Waals surface area contributed by atoms with E-state index in [1.807, 2.05) is 23.6 Å². The maximum Gasteiger partial charge on any atom is 0.267 e. The van der Waals surface area contributed by atoms with Gasteiger partial charge in [0.05, 0.1) is 11.2 Å². The molecule has 0 spiro atoms. The first-order valence-corrected chi connectivity index (χ1v) is 13.0. The Bertz CT molecular complexity index is 1370. The molecule has 36 heavy (non-hydrogen) atoms. The highest BCUT2D eigenvalue weighted by Gasteiger charge is 2.19. The van der Waals surface area contributed by atoms with E-state index in [0.29, 0.717) is 11.6 Å². The van der Waals surface area contributed by atoms with E-state index in [1.165, 1.54) is 5.56 Å². The number of hydrogen-bond acceptors (Lipinski definition) is 6. The van der Waals surface area contributed by atoms with Crippen molar-refractivity contribution in [3.8, 4) is 22.4 Å². The van der Waals surface area contributed by atoms with Crippen LogP contribution in [0, 0.1) is 0 Å². The predicted octanol–water partition coefficient (Wildman–Crippen LogP) is 5.41. The summed E-state index contributed by atoms with van der Waals surface area (Å²) in [6, 6.07) is 23.2. The van der Waals surface area contributed by atoms with Crippen LogP contribution in [-0.4, -0.2) is 39.9 Å².